The fourth-order valence-electron chi connectivity index (χ4n) is 1.85. The van der Waals surface area contributed by atoms with Crippen LogP contribution in [0.4, 0.5) is 0 Å². The topological polar surface area (TPSA) is 35.5 Å². The summed E-state index contributed by atoms with van der Waals surface area (Å²) < 4.78 is 10.4. The summed E-state index contributed by atoms with van der Waals surface area (Å²) in [6.45, 7) is 2.08. The van der Waals surface area contributed by atoms with Crippen LogP contribution in [0.1, 0.15) is 41.8 Å². The summed E-state index contributed by atoms with van der Waals surface area (Å²) in [6, 6.07) is 5.45. The molecule has 0 unspecified atom stereocenters. The molecule has 1 aliphatic rings. The molecule has 0 bridgehead atoms. The Morgan fingerprint density at radius 3 is 2.93 bits per heavy atom. The number of carbonyl (C=O) groups is 1. The third-order valence-electron chi connectivity index (χ3n) is 2.63. The maximum Gasteiger partial charge on any atom is 0.339 e. The molecule has 15 heavy (non-hydrogen) atoms. The Balaban J connectivity index is 2.38. The van der Waals surface area contributed by atoms with E-state index in [0.29, 0.717) is 5.56 Å². The van der Waals surface area contributed by atoms with Crippen LogP contribution in [-0.2, 0) is 4.74 Å². The van der Waals surface area contributed by atoms with Gasteiger partial charge in [0.15, 0.2) is 0 Å². The van der Waals surface area contributed by atoms with Crippen LogP contribution in [-0.4, -0.2) is 13.1 Å². The molecule has 80 valence electrons. The third-order valence-corrected chi connectivity index (χ3v) is 2.63. The Kier molecular flexibility index (Phi) is 2.62. The molecule has 3 nitrogen and oxygen atoms in total. The summed E-state index contributed by atoms with van der Waals surface area (Å²) in [5.41, 5.74) is 1.63. The van der Waals surface area contributed by atoms with E-state index in [1.165, 1.54) is 0 Å². The standard InChI is InChI=1S/C12H14O3/c1-3-4-11-10-7-8(14-2)5-6-9(10)12(13)15-11/h5-7,11H,3-4H2,1-2H3/t11-/m0/s1. The Labute approximate surface area is 89.0 Å². The molecule has 1 aromatic rings. The summed E-state index contributed by atoms with van der Waals surface area (Å²) >= 11 is 0. The minimum absolute atomic E-state index is 0.0902. The number of ether oxygens (including phenoxy) is 2. The van der Waals surface area contributed by atoms with Crippen LogP contribution in [0.2, 0.25) is 0 Å². The van der Waals surface area contributed by atoms with Crippen molar-refractivity contribution < 1.29 is 14.3 Å². The van der Waals surface area contributed by atoms with Crippen molar-refractivity contribution in [1.82, 2.24) is 0 Å². The summed E-state index contributed by atoms with van der Waals surface area (Å²) in [5, 5.41) is 0. The Morgan fingerprint density at radius 1 is 1.47 bits per heavy atom. The highest BCUT2D eigenvalue weighted by Gasteiger charge is 2.30. The zero-order valence-corrected chi connectivity index (χ0v) is 8.95. The van der Waals surface area contributed by atoms with E-state index in [-0.39, 0.29) is 12.1 Å². The van der Waals surface area contributed by atoms with Crippen LogP contribution in [0.15, 0.2) is 18.2 Å². The van der Waals surface area contributed by atoms with Crippen molar-refractivity contribution in [3.63, 3.8) is 0 Å². The minimum atomic E-state index is -0.217. The van der Waals surface area contributed by atoms with E-state index in [1.807, 2.05) is 6.07 Å². The molecule has 1 atom stereocenters. The van der Waals surface area contributed by atoms with Crippen LogP contribution in [0.25, 0.3) is 0 Å². The van der Waals surface area contributed by atoms with E-state index in [9.17, 15) is 4.79 Å². The van der Waals surface area contributed by atoms with Gasteiger partial charge in [-0.2, -0.15) is 0 Å². The SMILES string of the molecule is CCC[C@@H]1OC(=O)c2ccc(OC)cc21. The van der Waals surface area contributed by atoms with E-state index >= 15 is 0 Å². The second-order valence-corrected chi connectivity index (χ2v) is 3.64. The lowest BCUT2D eigenvalue weighted by atomic mass is 10.0. The highest BCUT2D eigenvalue weighted by molar-refractivity contribution is 5.94. The first-order chi connectivity index (χ1) is 7.26. The highest BCUT2D eigenvalue weighted by atomic mass is 16.5. The fourth-order valence-corrected chi connectivity index (χ4v) is 1.85. The minimum Gasteiger partial charge on any atom is -0.497 e. The molecule has 0 saturated carbocycles. The number of hydrogen-bond acceptors (Lipinski definition) is 3. The van der Waals surface area contributed by atoms with Crippen LogP contribution in [0.3, 0.4) is 0 Å². The quantitative estimate of drug-likeness (QED) is 0.713. The second kappa shape index (κ2) is 3.93. The van der Waals surface area contributed by atoms with Crippen molar-refractivity contribution in [1.29, 1.82) is 0 Å². The second-order valence-electron chi connectivity index (χ2n) is 3.64. The number of fused-ring (bicyclic) bond motifs is 1. The number of carbonyl (C=O) groups excluding carboxylic acids is 1. The first-order valence-electron chi connectivity index (χ1n) is 5.15. The number of cyclic esters (lactones) is 1. The lowest BCUT2D eigenvalue weighted by Crippen LogP contribution is -1.97. The van der Waals surface area contributed by atoms with E-state index in [1.54, 1.807) is 19.2 Å². The summed E-state index contributed by atoms with van der Waals surface area (Å²) in [4.78, 5) is 11.5. The third kappa shape index (κ3) is 1.69. The average Bonchev–Trinajstić information content (AvgIpc) is 2.56. The first-order valence-corrected chi connectivity index (χ1v) is 5.15. The zero-order valence-electron chi connectivity index (χ0n) is 8.95. The predicted molar refractivity (Wildman–Crippen MR) is 56.1 cm³/mol. The molecule has 2 rings (SSSR count). The fraction of sp³-hybridized carbons (Fsp3) is 0.417. The van der Waals surface area contributed by atoms with E-state index < -0.39 is 0 Å². The lowest BCUT2D eigenvalue weighted by Gasteiger charge is -2.09. The summed E-state index contributed by atoms with van der Waals surface area (Å²) in [5.74, 6) is 0.555. The van der Waals surface area contributed by atoms with Crippen molar-refractivity contribution in [2.24, 2.45) is 0 Å². The maximum atomic E-state index is 11.5. The van der Waals surface area contributed by atoms with Gasteiger partial charge in [-0.05, 0) is 24.6 Å². The van der Waals surface area contributed by atoms with Crippen molar-refractivity contribution >= 4 is 5.97 Å². The smallest absolute Gasteiger partial charge is 0.339 e. The number of rotatable bonds is 3. The number of benzene rings is 1. The van der Waals surface area contributed by atoms with Crippen LogP contribution >= 0.6 is 0 Å². The number of methoxy groups -OCH3 is 1. The van der Waals surface area contributed by atoms with Crippen LogP contribution < -0.4 is 4.74 Å². The zero-order chi connectivity index (χ0) is 10.8. The van der Waals surface area contributed by atoms with Gasteiger partial charge in [-0.15, -0.1) is 0 Å². The molecule has 1 heterocycles. The molecule has 3 heteroatoms. The lowest BCUT2D eigenvalue weighted by molar-refractivity contribution is 0.0367. The van der Waals surface area contributed by atoms with Gasteiger partial charge in [-0.3, -0.25) is 0 Å². The van der Waals surface area contributed by atoms with Gasteiger partial charge < -0.3 is 9.47 Å². The highest BCUT2D eigenvalue weighted by Crippen LogP contribution is 2.35. The molecule has 0 saturated heterocycles. The van der Waals surface area contributed by atoms with Gasteiger partial charge in [0.25, 0.3) is 0 Å². The first kappa shape index (κ1) is 10.0. The molecule has 1 aliphatic heterocycles. The van der Waals surface area contributed by atoms with Crippen molar-refractivity contribution in [2.45, 2.75) is 25.9 Å². The largest absolute Gasteiger partial charge is 0.497 e. The van der Waals surface area contributed by atoms with Crippen molar-refractivity contribution in [3.05, 3.63) is 29.3 Å². The van der Waals surface area contributed by atoms with E-state index in [2.05, 4.69) is 6.92 Å². The molecule has 1 aromatic carbocycles. The van der Waals surface area contributed by atoms with Crippen molar-refractivity contribution in [2.75, 3.05) is 7.11 Å². The van der Waals surface area contributed by atoms with Crippen LogP contribution in [0, 0.1) is 0 Å². The normalized spacial score (nSPS) is 18.5. The van der Waals surface area contributed by atoms with E-state index in [0.717, 1.165) is 24.2 Å². The van der Waals surface area contributed by atoms with Gasteiger partial charge in [0.2, 0.25) is 0 Å². The molecule has 0 N–H and O–H groups in total. The Hall–Kier alpha value is -1.51. The summed E-state index contributed by atoms with van der Waals surface area (Å²) in [6.07, 6.45) is 1.77. The molecule has 0 aliphatic carbocycles. The molecular formula is C12H14O3. The molecular weight excluding hydrogens is 192 g/mol. The average molecular weight is 206 g/mol. The summed E-state index contributed by atoms with van der Waals surface area (Å²) in [7, 11) is 1.62. The molecule has 0 fully saturated rings. The maximum absolute atomic E-state index is 11.5. The number of esters is 1. The molecule has 0 amide bonds. The van der Waals surface area contributed by atoms with Crippen molar-refractivity contribution in [3.8, 4) is 5.75 Å². The van der Waals surface area contributed by atoms with Gasteiger partial charge in [-0.1, -0.05) is 13.3 Å². The van der Waals surface area contributed by atoms with Gasteiger partial charge in [0, 0.05) is 5.56 Å². The van der Waals surface area contributed by atoms with Gasteiger partial charge in [0.1, 0.15) is 11.9 Å². The molecule has 0 spiro atoms. The van der Waals surface area contributed by atoms with E-state index in [4.69, 9.17) is 9.47 Å². The molecule has 0 radical (unpaired) electrons. The Morgan fingerprint density at radius 2 is 2.27 bits per heavy atom. The van der Waals surface area contributed by atoms with Gasteiger partial charge in [-0.25, -0.2) is 4.79 Å². The Bertz CT molecular complexity index is 384. The van der Waals surface area contributed by atoms with Crippen LogP contribution in [0.5, 0.6) is 5.75 Å². The van der Waals surface area contributed by atoms with Gasteiger partial charge >= 0.3 is 5.97 Å². The predicted octanol–water partition coefficient (Wildman–Crippen LogP) is 2.71. The molecule has 0 aromatic heterocycles. The van der Waals surface area contributed by atoms with Gasteiger partial charge in [0.05, 0.1) is 12.7 Å². The number of hydrogen-bond donors (Lipinski definition) is 0. The monoisotopic (exact) mass is 206 g/mol.